The molecule has 2 saturated carbocycles. The second-order valence-electron chi connectivity index (χ2n) is 7.03. The average molecular weight is 256 g/mol. The molecule has 0 aromatic heterocycles. The van der Waals surface area contributed by atoms with Gasteiger partial charge in [-0.2, -0.15) is 0 Å². The molecule has 2 heteroatoms. The van der Waals surface area contributed by atoms with Crippen LogP contribution < -0.4 is 4.74 Å². The zero-order valence-corrected chi connectivity index (χ0v) is 11.6. The van der Waals surface area contributed by atoms with E-state index >= 15 is 0 Å². The van der Waals surface area contributed by atoms with Crippen LogP contribution in [0.3, 0.4) is 0 Å². The van der Waals surface area contributed by atoms with Gasteiger partial charge in [-0.05, 0) is 42.9 Å². The van der Waals surface area contributed by atoms with Gasteiger partial charge >= 0.3 is 0 Å². The summed E-state index contributed by atoms with van der Waals surface area (Å²) < 4.78 is 5.69. The molecule has 19 heavy (non-hydrogen) atoms. The summed E-state index contributed by atoms with van der Waals surface area (Å²) >= 11 is 0. The number of hydrogen-bond acceptors (Lipinski definition) is 2. The average Bonchev–Trinajstić information content (AvgIpc) is 2.74. The standard InChI is InChI=1S/C17H20O2/c1-17(2)9-19-14-7-6-10(8-13(14)17)16(18)15-11-4-3-5-12(11)15/h6-8,11-12,15H,3-5,9H2,1-2H3. The SMILES string of the molecule is CC1(C)COc2ccc(C(=O)C3C4CCCC43)cc21. The first-order valence-electron chi connectivity index (χ1n) is 7.39. The zero-order chi connectivity index (χ0) is 13.2. The third-order valence-electron chi connectivity index (χ3n) is 5.29. The van der Waals surface area contributed by atoms with E-state index in [4.69, 9.17) is 4.74 Å². The van der Waals surface area contributed by atoms with Crippen molar-refractivity contribution in [2.45, 2.75) is 38.5 Å². The molecule has 0 N–H and O–H groups in total. The number of benzene rings is 1. The fraction of sp³-hybridized carbons (Fsp3) is 0.588. The normalized spacial score (nSPS) is 33.5. The van der Waals surface area contributed by atoms with Gasteiger partial charge in [0, 0.05) is 22.5 Å². The zero-order valence-electron chi connectivity index (χ0n) is 11.6. The molecule has 2 fully saturated rings. The first-order valence-corrected chi connectivity index (χ1v) is 7.39. The van der Waals surface area contributed by atoms with Crippen molar-refractivity contribution >= 4 is 5.78 Å². The van der Waals surface area contributed by atoms with Gasteiger partial charge < -0.3 is 4.74 Å². The van der Waals surface area contributed by atoms with E-state index in [1.807, 2.05) is 12.1 Å². The van der Waals surface area contributed by atoms with Crippen LogP contribution in [0.4, 0.5) is 0 Å². The van der Waals surface area contributed by atoms with Crippen LogP contribution in [0.15, 0.2) is 18.2 Å². The Hall–Kier alpha value is -1.31. The molecular formula is C17H20O2. The quantitative estimate of drug-likeness (QED) is 0.756. The van der Waals surface area contributed by atoms with Gasteiger partial charge in [-0.1, -0.05) is 20.3 Å². The molecule has 0 amide bonds. The van der Waals surface area contributed by atoms with E-state index in [2.05, 4.69) is 19.9 Å². The summed E-state index contributed by atoms with van der Waals surface area (Å²) in [5.74, 6) is 3.06. The number of carbonyl (C=O) groups excluding carboxylic acids is 1. The lowest BCUT2D eigenvalue weighted by Crippen LogP contribution is -2.18. The molecule has 2 nitrogen and oxygen atoms in total. The first-order chi connectivity index (χ1) is 9.08. The van der Waals surface area contributed by atoms with E-state index in [1.165, 1.54) is 24.8 Å². The van der Waals surface area contributed by atoms with Crippen molar-refractivity contribution in [1.82, 2.24) is 0 Å². The van der Waals surface area contributed by atoms with E-state index in [-0.39, 0.29) is 5.41 Å². The van der Waals surface area contributed by atoms with Crippen LogP contribution in [-0.2, 0) is 5.41 Å². The maximum Gasteiger partial charge on any atom is 0.166 e. The molecule has 0 radical (unpaired) electrons. The minimum atomic E-state index is 0.0328. The number of fused-ring (bicyclic) bond motifs is 2. The molecule has 1 heterocycles. The summed E-state index contributed by atoms with van der Waals surface area (Å²) in [6, 6.07) is 6.02. The van der Waals surface area contributed by atoms with Gasteiger partial charge in [-0.25, -0.2) is 0 Å². The predicted octanol–water partition coefficient (Wildman–Crippen LogP) is 3.59. The molecule has 1 aromatic carbocycles. The summed E-state index contributed by atoms with van der Waals surface area (Å²) in [5, 5.41) is 0. The number of carbonyl (C=O) groups is 1. The number of ether oxygens (including phenoxy) is 1. The highest BCUT2D eigenvalue weighted by atomic mass is 16.5. The molecule has 2 aliphatic carbocycles. The lowest BCUT2D eigenvalue weighted by atomic mass is 9.85. The molecule has 4 rings (SSSR count). The van der Waals surface area contributed by atoms with Crippen molar-refractivity contribution in [3.05, 3.63) is 29.3 Å². The Bertz CT molecular complexity index is 548. The fourth-order valence-corrected chi connectivity index (χ4v) is 4.08. The minimum absolute atomic E-state index is 0.0328. The Balaban J connectivity index is 1.64. The lowest BCUT2D eigenvalue weighted by molar-refractivity contribution is 0.0951. The van der Waals surface area contributed by atoms with Crippen molar-refractivity contribution in [3.63, 3.8) is 0 Å². The Morgan fingerprint density at radius 2 is 2.00 bits per heavy atom. The molecule has 0 saturated heterocycles. The number of Topliss-reactive ketones (excluding diaryl/α,β-unsaturated/α-hetero) is 1. The molecule has 2 atom stereocenters. The minimum Gasteiger partial charge on any atom is -0.492 e. The van der Waals surface area contributed by atoms with E-state index in [0.717, 1.165) is 11.3 Å². The Morgan fingerprint density at radius 1 is 1.26 bits per heavy atom. The molecule has 0 spiro atoms. The molecular weight excluding hydrogens is 236 g/mol. The Kier molecular flexibility index (Phi) is 2.19. The van der Waals surface area contributed by atoms with E-state index in [9.17, 15) is 4.79 Å². The van der Waals surface area contributed by atoms with Crippen LogP contribution in [0.1, 0.15) is 49.0 Å². The van der Waals surface area contributed by atoms with Crippen LogP contribution in [0.5, 0.6) is 5.75 Å². The highest BCUT2D eigenvalue weighted by molar-refractivity contribution is 6.00. The summed E-state index contributed by atoms with van der Waals surface area (Å²) in [7, 11) is 0. The third kappa shape index (κ3) is 1.58. The highest BCUT2D eigenvalue weighted by Crippen LogP contribution is 2.58. The highest BCUT2D eigenvalue weighted by Gasteiger charge is 2.56. The van der Waals surface area contributed by atoms with Crippen LogP contribution in [0, 0.1) is 17.8 Å². The van der Waals surface area contributed by atoms with Gasteiger partial charge in [0.15, 0.2) is 5.78 Å². The Morgan fingerprint density at radius 3 is 2.74 bits per heavy atom. The number of rotatable bonds is 2. The van der Waals surface area contributed by atoms with Crippen LogP contribution in [-0.4, -0.2) is 12.4 Å². The summed E-state index contributed by atoms with van der Waals surface area (Å²) in [6.45, 7) is 5.08. The fourth-order valence-electron chi connectivity index (χ4n) is 4.08. The molecule has 3 aliphatic rings. The second kappa shape index (κ2) is 3.62. The lowest BCUT2D eigenvalue weighted by Gasteiger charge is -2.15. The van der Waals surface area contributed by atoms with Crippen molar-refractivity contribution in [2.24, 2.45) is 17.8 Å². The van der Waals surface area contributed by atoms with Crippen molar-refractivity contribution in [3.8, 4) is 5.75 Å². The third-order valence-corrected chi connectivity index (χ3v) is 5.29. The van der Waals surface area contributed by atoms with E-state index < -0.39 is 0 Å². The van der Waals surface area contributed by atoms with Gasteiger partial charge in [0.25, 0.3) is 0 Å². The molecule has 100 valence electrons. The van der Waals surface area contributed by atoms with Crippen LogP contribution in [0.25, 0.3) is 0 Å². The molecule has 1 aromatic rings. The van der Waals surface area contributed by atoms with Gasteiger partial charge in [0.2, 0.25) is 0 Å². The van der Waals surface area contributed by atoms with E-state index in [0.29, 0.717) is 30.1 Å². The van der Waals surface area contributed by atoms with Crippen molar-refractivity contribution < 1.29 is 9.53 Å². The summed E-state index contributed by atoms with van der Waals surface area (Å²) in [4.78, 5) is 12.6. The predicted molar refractivity (Wildman–Crippen MR) is 73.6 cm³/mol. The summed E-state index contributed by atoms with van der Waals surface area (Å²) in [5.41, 5.74) is 2.13. The number of hydrogen-bond donors (Lipinski definition) is 0. The topological polar surface area (TPSA) is 26.3 Å². The van der Waals surface area contributed by atoms with Gasteiger partial charge in [-0.3, -0.25) is 4.79 Å². The number of ketones is 1. The molecule has 1 aliphatic heterocycles. The van der Waals surface area contributed by atoms with Crippen LogP contribution in [0.2, 0.25) is 0 Å². The maximum atomic E-state index is 12.6. The van der Waals surface area contributed by atoms with Gasteiger partial charge in [0.05, 0.1) is 6.61 Å². The van der Waals surface area contributed by atoms with Gasteiger partial charge in [0.1, 0.15) is 5.75 Å². The molecule has 2 unspecified atom stereocenters. The smallest absolute Gasteiger partial charge is 0.166 e. The van der Waals surface area contributed by atoms with Gasteiger partial charge in [-0.15, -0.1) is 0 Å². The Labute approximate surface area is 114 Å². The summed E-state index contributed by atoms with van der Waals surface area (Å²) in [6.07, 6.45) is 3.85. The van der Waals surface area contributed by atoms with Crippen LogP contribution >= 0.6 is 0 Å². The monoisotopic (exact) mass is 256 g/mol. The van der Waals surface area contributed by atoms with Crippen molar-refractivity contribution in [2.75, 3.05) is 6.61 Å². The van der Waals surface area contributed by atoms with Crippen molar-refractivity contribution in [1.29, 1.82) is 0 Å². The maximum absolute atomic E-state index is 12.6. The largest absolute Gasteiger partial charge is 0.492 e. The second-order valence-corrected chi connectivity index (χ2v) is 7.03. The van der Waals surface area contributed by atoms with E-state index in [1.54, 1.807) is 0 Å². The first kappa shape index (κ1) is 11.5. The molecule has 0 bridgehead atoms.